The van der Waals surface area contributed by atoms with Gasteiger partial charge in [0.25, 0.3) is 0 Å². The van der Waals surface area contributed by atoms with Gasteiger partial charge in [0.2, 0.25) is 5.43 Å². The van der Waals surface area contributed by atoms with Gasteiger partial charge >= 0.3 is 5.97 Å². The molecule has 4 rings (SSSR count). The Kier molecular flexibility index (Phi) is 5.65. The number of nitrogens with two attached hydrogens (primary N) is 1. The maximum Gasteiger partial charge on any atom is 0.341 e. The van der Waals surface area contributed by atoms with Crippen molar-refractivity contribution in [1.82, 2.24) is 9.88 Å². The van der Waals surface area contributed by atoms with Crippen LogP contribution in [0.25, 0.3) is 10.9 Å². The molecule has 0 saturated heterocycles. The Labute approximate surface area is 178 Å². The molecule has 31 heavy (non-hydrogen) atoms. The Bertz CT molecular complexity index is 1190. The SMILES string of the molecule is CCn1cc(C(=O)O)c(=O)c2c(N)c(F)c(NCCN[C@@H]3CC3c3ccccc3)cc21. The second-order valence-corrected chi connectivity index (χ2v) is 7.75. The number of rotatable bonds is 8. The van der Waals surface area contributed by atoms with Crippen LogP contribution in [0.15, 0.2) is 47.4 Å². The number of benzene rings is 2. The number of carbonyl (C=O) groups is 1. The number of anilines is 2. The van der Waals surface area contributed by atoms with Crippen molar-refractivity contribution in [2.45, 2.75) is 31.8 Å². The van der Waals surface area contributed by atoms with Crippen LogP contribution in [0.3, 0.4) is 0 Å². The summed E-state index contributed by atoms with van der Waals surface area (Å²) in [4.78, 5) is 23.9. The third kappa shape index (κ3) is 3.98. The Morgan fingerprint density at radius 3 is 2.71 bits per heavy atom. The number of nitrogen functional groups attached to an aromatic ring is 1. The highest BCUT2D eigenvalue weighted by atomic mass is 19.1. The fourth-order valence-corrected chi connectivity index (χ4v) is 4.04. The van der Waals surface area contributed by atoms with Gasteiger partial charge < -0.3 is 26.0 Å². The van der Waals surface area contributed by atoms with Gasteiger partial charge in [0.05, 0.1) is 22.3 Å². The number of aryl methyl sites for hydroxylation is 1. The summed E-state index contributed by atoms with van der Waals surface area (Å²) >= 11 is 0. The highest BCUT2D eigenvalue weighted by Gasteiger charge is 2.37. The van der Waals surface area contributed by atoms with Crippen molar-refractivity contribution in [3.05, 3.63) is 69.8 Å². The Morgan fingerprint density at radius 2 is 2.03 bits per heavy atom. The van der Waals surface area contributed by atoms with Gasteiger partial charge in [-0.1, -0.05) is 30.3 Å². The highest BCUT2D eigenvalue weighted by Crippen LogP contribution is 2.40. The number of carboxylic acid groups (broad SMARTS) is 1. The number of nitrogens with one attached hydrogen (secondary N) is 2. The lowest BCUT2D eigenvalue weighted by Gasteiger charge is -2.16. The zero-order valence-electron chi connectivity index (χ0n) is 17.2. The molecule has 1 aliphatic carbocycles. The zero-order chi connectivity index (χ0) is 22.1. The molecule has 0 aliphatic heterocycles. The van der Waals surface area contributed by atoms with Crippen LogP contribution in [0.2, 0.25) is 0 Å². The standard InChI is InChI=1S/C23H25FN4O3/c1-2-28-12-15(23(30)31)22(29)19-18(28)11-17(20(24)21(19)25)27-9-8-26-16-10-14(16)13-6-4-3-5-7-13/h3-7,11-12,14,16,26-27H,2,8-10,25H2,1H3,(H,30,31)/t14?,16-/m1/s1. The quantitative estimate of drug-likeness (QED) is 0.327. The monoisotopic (exact) mass is 424 g/mol. The van der Waals surface area contributed by atoms with Crippen LogP contribution in [-0.2, 0) is 6.54 Å². The average molecular weight is 424 g/mol. The predicted molar refractivity (Wildman–Crippen MR) is 119 cm³/mol. The van der Waals surface area contributed by atoms with Crippen LogP contribution in [-0.4, -0.2) is 34.8 Å². The van der Waals surface area contributed by atoms with Crippen LogP contribution in [0.4, 0.5) is 15.8 Å². The molecule has 1 aromatic heterocycles. The van der Waals surface area contributed by atoms with Gasteiger partial charge in [0.1, 0.15) is 5.56 Å². The number of hydrogen-bond donors (Lipinski definition) is 4. The van der Waals surface area contributed by atoms with Crippen LogP contribution in [0.5, 0.6) is 0 Å². The number of aromatic nitrogens is 1. The molecule has 2 aromatic carbocycles. The first-order valence-corrected chi connectivity index (χ1v) is 10.3. The molecule has 1 heterocycles. The molecule has 0 bridgehead atoms. The van der Waals surface area contributed by atoms with Gasteiger partial charge in [-0.15, -0.1) is 0 Å². The summed E-state index contributed by atoms with van der Waals surface area (Å²) in [5, 5.41) is 15.7. The van der Waals surface area contributed by atoms with Crippen molar-refractivity contribution in [2.75, 3.05) is 24.1 Å². The normalized spacial score (nSPS) is 17.6. The lowest BCUT2D eigenvalue weighted by atomic mass is 10.1. The maximum absolute atomic E-state index is 14.9. The first-order chi connectivity index (χ1) is 14.9. The number of pyridine rings is 1. The Morgan fingerprint density at radius 1 is 1.29 bits per heavy atom. The fraction of sp³-hybridized carbons (Fsp3) is 0.304. The van der Waals surface area contributed by atoms with E-state index < -0.39 is 22.8 Å². The molecule has 8 heteroatoms. The molecule has 3 aromatic rings. The fourth-order valence-electron chi connectivity index (χ4n) is 4.04. The highest BCUT2D eigenvalue weighted by molar-refractivity contribution is 5.99. The molecule has 2 atom stereocenters. The molecule has 0 radical (unpaired) electrons. The third-order valence-electron chi connectivity index (χ3n) is 5.78. The van der Waals surface area contributed by atoms with E-state index in [9.17, 15) is 19.1 Å². The molecule has 0 spiro atoms. The molecule has 162 valence electrons. The minimum atomic E-state index is -1.36. The molecule has 1 aliphatic rings. The van der Waals surface area contributed by atoms with Crippen molar-refractivity contribution >= 4 is 28.2 Å². The topological polar surface area (TPSA) is 109 Å². The smallest absolute Gasteiger partial charge is 0.341 e. The minimum Gasteiger partial charge on any atom is -0.477 e. The van der Waals surface area contributed by atoms with E-state index in [0.717, 1.165) is 6.42 Å². The van der Waals surface area contributed by atoms with E-state index in [1.807, 2.05) is 25.1 Å². The van der Waals surface area contributed by atoms with E-state index >= 15 is 0 Å². The van der Waals surface area contributed by atoms with Crippen LogP contribution < -0.4 is 21.8 Å². The summed E-state index contributed by atoms with van der Waals surface area (Å²) in [6.07, 6.45) is 2.35. The van der Waals surface area contributed by atoms with E-state index in [0.29, 0.717) is 37.1 Å². The average Bonchev–Trinajstić information content (AvgIpc) is 3.54. The first-order valence-electron chi connectivity index (χ1n) is 10.3. The first kappa shape index (κ1) is 20.9. The molecule has 1 unspecified atom stereocenters. The van der Waals surface area contributed by atoms with E-state index in [1.165, 1.54) is 17.8 Å². The molecule has 1 saturated carbocycles. The number of aromatic carboxylic acids is 1. The zero-order valence-corrected chi connectivity index (χ0v) is 17.2. The number of fused-ring (bicyclic) bond motifs is 1. The van der Waals surface area contributed by atoms with Crippen molar-refractivity contribution in [3.63, 3.8) is 0 Å². The Balaban J connectivity index is 1.48. The van der Waals surface area contributed by atoms with Crippen LogP contribution >= 0.6 is 0 Å². The lowest BCUT2D eigenvalue weighted by molar-refractivity contribution is 0.0695. The van der Waals surface area contributed by atoms with Gasteiger partial charge in [-0.3, -0.25) is 4.79 Å². The van der Waals surface area contributed by atoms with Crippen LogP contribution in [0.1, 0.15) is 35.2 Å². The van der Waals surface area contributed by atoms with Crippen molar-refractivity contribution in [2.24, 2.45) is 0 Å². The molecule has 7 nitrogen and oxygen atoms in total. The predicted octanol–water partition coefficient (Wildman–Crippen LogP) is 3.00. The molecule has 0 amide bonds. The van der Waals surface area contributed by atoms with Gasteiger partial charge in [-0.25, -0.2) is 9.18 Å². The number of halogens is 1. The number of hydrogen-bond acceptors (Lipinski definition) is 5. The molecular weight excluding hydrogens is 399 g/mol. The second kappa shape index (κ2) is 8.39. The van der Waals surface area contributed by atoms with Crippen molar-refractivity contribution in [1.29, 1.82) is 0 Å². The maximum atomic E-state index is 14.9. The number of nitrogens with zero attached hydrogens (tertiary/aromatic N) is 1. The largest absolute Gasteiger partial charge is 0.477 e. The minimum absolute atomic E-state index is 0.105. The molecular formula is C23H25FN4O3. The summed E-state index contributed by atoms with van der Waals surface area (Å²) in [6, 6.07) is 12.3. The molecule has 5 N–H and O–H groups in total. The third-order valence-corrected chi connectivity index (χ3v) is 5.78. The summed E-state index contributed by atoms with van der Waals surface area (Å²) < 4.78 is 16.4. The van der Waals surface area contributed by atoms with Gasteiger partial charge in [0.15, 0.2) is 5.82 Å². The van der Waals surface area contributed by atoms with Gasteiger partial charge in [0, 0.05) is 37.8 Å². The van der Waals surface area contributed by atoms with Gasteiger partial charge in [-0.05, 0) is 25.0 Å². The summed E-state index contributed by atoms with van der Waals surface area (Å²) in [5.41, 5.74) is 6.28. The number of carboxylic acids is 1. The van der Waals surface area contributed by atoms with Crippen molar-refractivity contribution in [3.8, 4) is 0 Å². The Hall–Kier alpha value is -3.39. The summed E-state index contributed by atoms with van der Waals surface area (Å²) in [7, 11) is 0. The van der Waals surface area contributed by atoms with E-state index in [-0.39, 0.29) is 16.8 Å². The summed E-state index contributed by atoms with van der Waals surface area (Å²) in [6.45, 7) is 3.34. The lowest BCUT2D eigenvalue weighted by Crippen LogP contribution is -2.25. The van der Waals surface area contributed by atoms with Gasteiger partial charge in [-0.2, -0.15) is 0 Å². The molecule has 1 fully saturated rings. The van der Waals surface area contributed by atoms with Crippen molar-refractivity contribution < 1.29 is 14.3 Å². The summed E-state index contributed by atoms with van der Waals surface area (Å²) in [5.74, 6) is -1.60. The van der Waals surface area contributed by atoms with Crippen LogP contribution in [0, 0.1) is 5.82 Å². The van der Waals surface area contributed by atoms with E-state index in [1.54, 1.807) is 4.57 Å². The van der Waals surface area contributed by atoms with E-state index in [4.69, 9.17) is 5.73 Å². The second-order valence-electron chi connectivity index (χ2n) is 7.75. The van der Waals surface area contributed by atoms with E-state index in [2.05, 4.69) is 22.8 Å².